The van der Waals surface area contributed by atoms with Crippen LogP contribution in [0.15, 0.2) is 36.5 Å². The Morgan fingerprint density at radius 2 is 2.18 bits per heavy atom. The maximum atomic E-state index is 11.7. The van der Waals surface area contributed by atoms with Gasteiger partial charge in [-0.05, 0) is 31.2 Å². The summed E-state index contributed by atoms with van der Waals surface area (Å²) in [4.78, 5) is 33.2. The summed E-state index contributed by atoms with van der Waals surface area (Å²) >= 11 is 0. The zero-order valence-corrected chi connectivity index (χ0v) is 11.9. The maximum absolute atomic E-state index is 11.7. The highest BCUT2D eigenvalue weighted by Crippen LogP contribution is 2.22. The summed E-state index contributed by atoms with van der Waals surface area (Å²) in [6.45, 7) is 2.02. The van der Waals surface area contributed by atoms with E-state index in [1.807, 2.05) is 0 Å². The summed E-state index contributed by atoms with van der Waals surface area (Å²) in [6.07, 6.45) is 2.34. The predicted molar refractivity (Wildman–Crippen MR) is 78.0 cm³/mol. The molecule has 0 unspecified atom stereocenters. The van der Waals surface area contributed by atoms with Gasteiger partial charge in [-0.25, -0.2) is 4.79 Å². The molecule has 0 aliphatic heterocycles. The van der Waals surface area contributed by atoms with E-state index >= 15 is 0 Å². The fraction of sp³-hybridized carbons (Fsp3) is 0.200. The highest BCUT2D eigenvalue weighted by Gasteiger charge is 2.18. The van der Waals surface area contributed by atoms with Crippen LogP contribution in [-0.2, 0) is 11.3 Å². The molecular weight excluding hydrogens is 288 g/mol. The van der Waals surface area contributed by atoms with Crippen molar-refractivity contribution in [2.75, 3.05) is 6.61 Å². The van der Waals surface area contributed by atoms with Crippen molar-refractivity contribution in [3.8, 4) is 0 Å². The number of esters is 1. The number of rotatable bonds is 6. The molecule has 0 aliphatic rings. The van der Waals surface area contributed by atoms with Crippen LogP contribution in [0.4, 0.5) is 5.69 Å². The number of benzene rings is 1. The second kappa shape index (κ2) is 6.66. The fourth-order valence-corrected chi connectivity index (χ4v) is 2.07. The molecule has 0 bridgehead atoms. The van der Waals surface area contributed by atoms with Gasteiger partial charge >= 0.3 is 5.97 Å². The SMILES string of the molecule is CCOC(=O)c1ccc(Cn2cccc2C=O)c([N+](=O)[O-])c1. The third-order valence-electron chi connectivity index (χ3n) is 3.12. The van der Waals surface area contributed by atoms with Gasteiger partial charge in [0.15, 0.2) is 6.29 Å². The average Bonchev–Trinajstić information content (AvgIpc) is 2.94. The van der Waals surface area contributed by atoms with Crippen LogP contribution >= 0.6 is 0 Å². The second-order valence-corrected chi connectivity index (χ2v) is 4.50. The van der Waals surface area contributed by atoms with E-state index in [-0.39, 0.29) is 24.4 Å². The van der Waals surface area contributed by atoms with Crippen molar-refractivity contribution < 1.29 is 19.2 Å². The van der Waals surface area contributed by atoms with Gasteiger partial charge < -0.3 is 9.30 Å². The number of nitro benzene ring substituents is 1. The molecule has 7 nitrogen and oxygen atoms in total. The number of ether oxygens (including phenoxy) is 1. The zero-order chi connectivity index (χ0) is 16.1. The number of carbonyl (C=O) groups is 2. The van der Waals surface area contributed by atoms with Crippen LogP contribution in [0.5, 0.6) is 0 Å². The van der Waals surface area contributed by atoms with Crippen molar-refractivity contribution in [2.24, 2.45) is 0 Å². The minimum absolute atomic E-state index is 0.125. The predicted octanol–water partition coefficient (Wildman–Crippen LogP) is 2.43. The van der Waals surface area contributed by atoms with Gasteiger partial charge in [0, 0.05) is 17.8 Å². The van der Waals surface area contributed by atoms with Crippen LogP contribution in [0, 0.1) is 10.1 Å². The minimum atomic E-state index is -0.605. The van der Waals surface area contributed by atoms with E-state index in [0.29, 0.717) is 17.5 Å². The normalized spacial score (nSPS) is 10.2. The molecular formula is C15H14N2O5. The van der Waals surface area contributed by atoms with Crippen LogP contribution in [0.2, 0.25) is 0 Å². The van der Waals surface area contributed by atoms with Crippen molar-refractivity contribution in [1.82, 2.24) is 4.57 Å². The van der Waals surface area contributed by atoms with E-state index in [0.717, 1.165) is 0 Å². The van der Waals surface area contributed by atoms with Crippen molar-refractivity contribution in [1.29, 1.82) is 0 Å². The molecule has 0 aliphatic carbocycles. The Hall–Kier alpha value is -2.96. The van der Waals surface area contributed by atoms with Crippen molar-refractivity contribution in [3.05, 3.63) is 63.5 Å². The van der Waals surface area contributed by atoms with Crippen LogP contribution in [0.3, 0.4) is 0 Å². The van der Waals surface area contributed by atoms with Gasteiger partial charge in [-0.1, -0.05) is 0 Å². The average molecular weight is 302 g/mol. The number of hydrogen-bond acceptors (Lipinski definition) is 5. The van der Waals surface area contributed by atoms with Gasteiger partial charge in [0.25, 0.3) is 5.69 Å². The Kier molecular flexibility index (Phi) is 4.67. The first-order chi connectivity index (χ1) is 10.6. The molecule has 114 valence electrons. The first-order valence-corrected chi connectivity index (χ1v) is 6.61. The maximum Gasteiger partial charge on any atom is 0.338 e. The van der Waals surface area contributed by atoms with Crippen molar-refractivity contribution >= 4 is 17.9 Å². The van der Waals surface area contributed by atoms with E-state index in [2.05, 4.69) is 0 Å². The van der Waals surface area contributed by atoms with Crippen molar-refractivity contribution in [3.63, 3.8) is 0 Å². The Morgan fingerprint density at radius 3 is 2.82 bits per heavy atom. The third kappa shape index (κ3) is 3.20. The molecule has 0 spiro atoms. The molecule has 0 atom stereocenters. The van der Waals surface area contributed by atoms with Gasteiger partial charge in [0.1, 0.15) is 0 Å². The lowest BCUT2D eigenvalue weighted by atomic mass is 10.1. The van der Waals surface area contributed by atoms with E-state index in [1.165, 1.54) is 18.2 Å². The monoisotopic (exact) mass is 302 g/mol. The zero-order valence-electron chi connectivity index (χ0n) is 11.9. The van der Waals surface area contributed by atoms with Crippen LogP contribution < -0.4 is 0 Å². The minimum Gasteiger partial charge on any atom is -0.462 e. The Balaban J connectivity index is 2.37. The Labute approximate surface area is 126 Å². The van der Waals surface area contributed by atoms with Gasteiger partial charge in [-0.3, -0.25) is 14.9 Å². The number of nitrogens with zero attached hydrogens (tertiary/aromatic N) is 2. The molecule has 0 saturated carbocycles. The van der Waals surface area contributed by atoms with Gasteiger partial charge in [-0.15, -0.1) is 0 Å². The second-order valence-electron chi connectivity index (χ2n) is 4.50. The lowest BCUT2D eigenvalue weighted by Crippen LogP contribution is -2.08. The summed E-state index contributed by atoms with van der Waals surface area (Å²) in [5, 5.41) is 11.2. The van der Waals surface area contributed by atoms with Crippen LogP contribution in [0.25, 0.3) is 0 Å². The molecule has 0 amide bonds. The van der Waals surface area contributed by atoms with Crippen molar-refractivity contribution in [2.45, 2.75) is 13.5 Å². The van der Waals surface area contributed by atoms with Crippen LogP contribution in [0.1, 0.15) is 33.3 Å². The molecule has 1 aromatic heterocycles. The molecule has 1 heterocycles. The van der Waals surface area contributed by atoms with E-state index in [9.17, 15) is 19.7 Å². The molecule has 0 radical (unpaired) electrons. The Morgan fingerprint density at radius 1 is 1.41 bits per heavy atom. The van der Waals surface area contributed by atoms with Gasteiger partial charge in [-0.2, -0.15) is 0 Å². The van der Waals surface area contributed by atoms with Gasteiger partial charge in [0.2, 0.25) is 0 Å². The summed E-state index contributed by atoms with van der Waals surface area (Å²) < 4.78 is 6.43. The lowest BCUT2D eigenvalue weighted by molar-refractivity contribution is -0.385. The van der Waals surface area contributed by atoms with Gasteiger partial charge in [0.05, 0.1) is 29.3 Å². The Bertz CT molecular complexity index is 720. The molecule has 2 aromatic rings. The molecule has 0 saturated heterocycles. The molecule has 1 aromatic carbocycles. The third-order valence-corrected chi connectivity index (χ3v) is 3.12. The molecule has 7 heteroatoms. The lowest BCUT2D eigenvalue weighted by Gasteiger charge is -2.08. The highest BCUT2D eigenvalue weighted by atomic mass is 16.6. The quantitative estimate of drug-likeness (QED) is 0.354. The number of nitro groups is 1. The first kappa shape index (κ1) is 15.4. The number of aromatic nitrogens is 1. The molecule has 0 fully saturated rings. The van der Waals surface area contributed by atoms with E-state index < -0.39 is 10.9 Å². The smallest absolute Gasteiger partial charge is 0.338 e. The first-order valence-electron chi connectivity index (χ1n) is 6.61. The molecule has 22 heavy (non-hydrogen) atoms. The highest BCUT2D eigenvalue weighted by molar-refractivity contribution is 5.90. The summed E-state index contributed by atoms with van der Waals surface area (Å²) in [6, 6.07) is 7.47. The fourth-order valence-electron chi connectivity index (χ4n) is 2.07. The topological polar surface area (TPSA) is 91.4 Å². The van der Waals surface area contributed by atoms with Crippen LogP contribution in [-0.4, -0.2) is 28.4 Å². The van der Waals surface area contributed by atoms with E-state index in [4.69, 9.17) is 4.74 Å². The number of carbonyl (C=O) groups excluding carboxylic acids is 2. The molecule has 0 N–H and O–H groups in total. The standard InChI is InChI=1S/C15H14N2O5/c1-2-22-15(19)11-5-6-12(14(8-11)17(20)21)9-16-7-3-4-13(16)10-18/h3-8,10H,2,9H2,1H3. The summed E-state index contributed by atoms with van der Waals surface area (Å²) in [5.41, 5.74) is 0.762. The largest absolute Gasteiger partial charge is 0.462 e. The molecule has 2 rings (SSSR count). The van der Waals surface area contributed by atoms with E-state index in [1.54, 1.807) is 29.8 Å². The summed E-state index contributed by atoms with van der Waals surface area (Å²) in [7, 11) is 0. The number of hydrogen-bond donors (Lipinski definition) is 0. The number of aldehydes is 1. The summed E-state index contributed by atoms with van der Waals surface area (Å²) in [5.74, 6) is -0.605.